The van der Waals surface area contributed by atoms with E-state index >= 15 is 0 Å². The number of carbonyl (C=O) groups excluding carboxylic acids is 2. The van der Waals surface area contributed by atoms with Crippen LogP contribution in [0.3, 0.4) is 0 Å². The molecule has 17 heavy (non-hydrogen) atoms. The Morgan fingerprint density at radius 2 is 2.24 bits per heavy atom. The van der Waals surface area contributed by atoms with E-state index in [9.17, 15) is 9.59 Å². The second-order valence-corrected chi connectivity index (χ2v) is 4.61. The predicted molar refractivity (Wildman–Crippen MR) is 64.5 cm³/mol. The third-order valence-electron chi connectivity index (χ3n) is 2.95. The van der Waals surface area contributed by atoms with Crippen LogP contribution in [0.25, 0.3) is 0 Å². The lowest BCUT2D eigenvalue weighted by molar-refractivity contribution is -0.137. The molecule has 5 nitrogen and oxygen atoms in total. The summed E-state index contributed by atoms with van der Waals surface area (Å²) in [6.45, 7) is 4.64. The number of hydrogen-bond donors (Lipinski definition) is 1. The Labute approximate surface area is 102 Å². The summed E-state index contributed by atoms with van der Waals surface area (Å²) in [6.07, 6.45) is 2.17. The van der Waals surface area contributed by atoms with Crippen molar-refractivity contribution in [1.29, 1.82) is 0 Å². The van der Waals surface area contributed by atoms with Gasteiger partial charge in [0.1, 0.15) is 6.42 Å². The maximum Gasteiger partial charge on any atom is 0.232 e. The average Bonchev–Trinajstić information content (AvgIpc) is 2.29. The third-order valence-corrected chi connectivity index (χ3v) is 2.95. The first-order chi connectivity index (χ1) is 8.13. The average molecular weight is 242 g/mol. The molecule has 1 unspecified atom stereocenters. The van der Waals surface area contributed by atoms with Gasteiger partial charge in [-0.3, -0.25) is 9.59 Å². The van der Waals surface area contributed by atoms with Gasteiger partial charge >= 0.3 is 0 Å². The molecule has 98 valence electrons. The van der Waals surface area contributed by atoms with Crippen LogP contribution in [0.15, 0.2) is 0 Å². The van der Waals surface area contributed by atoms with E-state index in [0.717, 1.165) is 19.5 Å². The number of carbonyl (C=O) groups is 2. The molecule has 0 saturated carbocycles. The van der Waals surface area contributed by atoms with E-state index in [1.54, 1.807) is 12.0 Å². The molecule has 1 saturated heterocycles. The molecular formula is C12H22N2O3. The molecule has 0 spiro atoms. The highest BCUT2D eigenvalue weighted by Gasteiger charge is 2.22. The number of rotatable bonds is 5. The molecule has 1 aliphatic heterocycles. The van der Waals surface area contributed by atoms with Crippen LogP contribution < -0.4 is 5.32 Å². The van der Waals surface area contributed by atoms with E-state index in [0.29, 0.717) is 19.1 Å². The summed E-state index contributed by atoms with van der Waals surface area (Å²) in [4.78, 5) is 25.1. The fraction of sp³-hybridized carbons (Fsp3) is 0.833. The molecule has 0 bridgehead atoms. The molecule has 1 aliphatic rings. The van der Waals surface area contributed by atoms with Crippen LogP contribution in [0, 0.1) is 5.92 Å². The molecule has 2 amide bonds. The van der Waals surface area contributed by atoms with Gasteiger partial charge in [0.05, 0.1) is 6.61 Å². The molecule has 1 N–H and O–H groups in total. The van der Waals surface area contributed by atoms with Gasteiger partial charge in [-0.2, -0.15) is 0 Å². The Hall–Kier alpha value is -1.10. The van der Waals surface area contributed by atoms with Gasteiger partial charge in [-0.1, -0.05) is 6.92 Å². The minimum absolute atomic E-state index is 0.0452. The van der Waals surface area contributed by atoms with E-state index in [1.807, 2.05) is 0 Å². The summed E-state index contributed by atoms with van der Waals surface area (Å²) in [6, 6.07) is 0. The lowest BCUT2D eigenvalue weighted by atomic mass is 10.00. The minimum Gasteiger partial charge on any atom is -0.383 e. The molecule has 0 radical (unpaired) electrons. The van der Waals surface area contributed by atoms with Crippen LogP contribution in [0.5, 0.6) is 0 Å². The van der Waals surface area contributed by atoms with Gasteiger partial charge in [0, 0.05) is 26.7 Å². The van der Waals surface area contributed by atoms with Crippen LogP contribution in [0.2, 0.25) is 0 Å². The van der Waals surface area contributed by atoms with Gasteiger partial charge < -0.3 is 15.0 Å². The summed E-state index contributed by atoms with van der Waals surface area (Å²) in [5, 5.41) is 2.65. The fourth-order valence-corrected chi connectivity index (χ4v) is 2.02. The largest absolute Gasteiger partial charge is 0.383 e. The number of hydrogen-bond acceptors (Lipinski definition) is 3. The van der Waals surface area contributed by atoms with Crippen molar-refractivity contribution in [1.82, 2.24) is 10.2 Å². The third kappa shape index (κ3) is 5.17. The van der Waals surface area contributed by atoms with Crippen LogP contribution >= 0.6 is 0 Å². The predicted octanol–water partition coefficient (Wildman–Crippen LogP) is 0.398. The lowest BCUT2D eigenvalue weighted by Crippen LogP contribution is -2.41. The number of nitrogens with zero attached hydrogens (tertiary/aromatic N) is 1. The minimum atomic E-state index is -0.217. The zero-order valence-electron chi connectivity index (χ0n) is 10.7. The molecule has 1 fully saturated rings. The number of piperidine rings is 1. The summed E-state index contributed by atoms with van der Waals surface area (Å²) in [5.74, 6) is 0.265. The van der Waals surface area contributed by atoms with Gasteiger partial charge in [-0.25, -0.2) is 0 Å². The SMILES string of the molecule is COCCNC(=O)CC(=O)N1CCCC(C)C1. The second-order valence-electron chi connectivity index (χ2n) is 4.61. The van der Waals surface area contributed by atoms with Gasteiger partial charge in [0.2, 0.25) is 11.8 Å². The van der Waals surface area contributed by atoms with E-state index in [4.69, 9.17) is 4.74 Å². The Balaban J connectivity index is 2.25. The van der Waals surface area contributed by atoms with Gasteiger partial charge in [0.25, 0.3) is 0 Å². The van der Waals surface area contributed by atoms with Crippen LogP contribution in [-0.2, 0) is 14.3 Å². The fourth-order valence-electron chi connectivity index (χ4n) is 2.02. The Morgan fingerprint density at radius 1 is 1.47 bits per heavy atom. The van der Waals surface area contributed by atoms with E-state index in [2.05, 4.69) is 12.2 Å². The highest BCUT2D eigenvalue weighted by molar-refractivity contribution is 5.96. The van der Waals surface area contributed by atoms with Crippen molar-refractivity contribution < 1.29 is 14.3 Å². The quantitative estimate of drug-likeness (QED) is 0.561. The molecule has 1 heterocycles. The molecule has 1 rings (SSSR count). The molecule has 0 aromatic rings. The number of amides is 2. The van der Waals surface area contributed by atoms with Gasteiger partial charge in [0.15, 0.2) is 0 Å². The van der Waals surface area contributed by atoms with Crippen molar-refractivity contribution >= 4 is 11.8 Å². The molecule has 0 aromatic carbocycles. The Kier molecular flexibility index (Phi) is 5.97. The summed E-state index contributed by atoms with van der Waals surface area (Å²) >= 11 is 0. The lowest BCUT2D eigenvalue weighted by Gasteiger charge is -2.30. The smallest absolute Gasteiger partial charge is 0.232 e. The van der Waals surface area contributed by atoms with Crippen molar-refractivity contribution in [3.63, 3.8) is 0 Å². The maximum atomic E-state index is 11.8. The number of nitrogens with one attached hydrogen (secondary N) is 1. The topological polar surface area (TPSA) is 58.6 Å². The van der Waals surface area contributed by atoms with Crippen LogP contribution in [-0.4, -0.2) is 50.1 Å². The molecule has 0 aliphatic carbocycles. The van der Waals surface area contributed by atoms with E-state index in [1.165, 1.54) is 6.42 Å². The monoisotopic (exact) mass is 242 g/mol. The van der Waals surface area contributed by atoms with Crippen LogP contribution in [0.4, 0.5) is 0 Å². The van der Waals surface area contributed by atoms with E-state index in [-0.39, 0.29) is 18.2 Å². The Bertz CT molecular complexity index is 268. The standard InChI is InChI=1S/C12H22N2O3/c1-10-4-3-6-14(9-10)12(16)8-11(15)13-5-7-17-2/h10H,3-9H2,1-2H3,(H,13,15). The number of methoxy groups -OCH3 is 1. The first kappa shape index (κ1) is 14.0. The van der Waals surface area contributed by atoms with Crippen molar-refractivity contribution in [3.8, 4) is 0 Å². The van der Waals surface area contributed by atoms with E-state index < -0.39 is 0 Å². The van der Waals surface area contributed by atoms with Gasteiger partial charge in [-0.15, -0.1) is 0 Å². The molecular weight excluding hydrogens is 220 g/mol. The number of likely N-dealkylation sites (tertiary alicyclic amines) is 1. The number of ether oxygens (including phenoxy) is 1. The highest BCUT2D eigenvalue weighted by atomic mass is 16.5. The summed E-state index contributed by atoms with van der Waals surface area (Å²) < 4.78 is 4.82. The van der Waals surface area contributed by atoms with Crippen molar-refractivity contribution in [2.75, 3.05) is 33.4 Å². The molecule has 1 atom stereocenters. The molecule has 5 heteroatoms. The first-order valence-electron chi connectivity index (χ1n) is 6.17. The summed E-state index contributed by atoms with van der Waals surface area (Å²) in [7, 11) is 1.58. The highest BCUT2D eigenvalue weighted by Crippen LogP contribution is 2.15. The summed E-state index contributed by atoms with van der Waals surface area (Å²) in [5.41, 5.74) is 0. The normalized spacial score (nSPS) is 20.1. The van der Waals surface area contributed by atoms with Crippen molar-refractivity contribution in [3.05, 3.63) is 0 Å². The maximum absolute atomic E-state index is 11.8. The van der Waals surface area contributed by atoms with Crippen molar-refractivity contribution in [2.24, 2.45) is 5.92 Å². The molecule has 0 aromatic heterocycles. The van der Waals surface area contributed by atoms with Crippen LogP contribution in [0.1, 0.15) is 26.2 Å². The zero-order valence-corrected chi connectivity index (χ0v) is 10.7. The second kappa shape index (κ2) is 7.27. The zero-order chi connectivity index (χ0) is 12.7. The van der Waals surface area contributed by atoms with Crippen molar-refractivity contribution in [2.45, 2.75) is 26.2 Å². The Morgan fingerprint density at radius 3 is 2.88 bits per heavy atom. The first-order valence-corrected chi connectivity index (χ1v) is 6.17. The van der Waals surface area contributed by atoms with Gasteiger partial charge in [-0.05, 0) is 18.8 Å².